The molecule has 7 heteroatoms. The summed E-state index contributed by atoms with van der Waals surface area (Å²) in [5.74, 6) is 1.48. The fourth-order valence-electron chi connectivity index (χ4n) is 1.47. The lowest BCUT2D eigenvalue weighted by Gasteiger charge is -2.07. The maximum atomic E-state index is 5.08. The maximum absolute atomic E-state index is 5.08. The first-order valence-electron chi connectivity index (χ1n) is 5.81. The Labute approximate surface area is 111 Å². The minimum absolute atomic E-state index is 0.261. The molecule has 2 aromatic rings. The zero-order chi connectivity index (χ0) is 13.7. The molecule has 0 aliphatic carbocycles. The predicted octanol–water partition coefficient (Wildman–Crippen LogP) is 1.38. The van der Waals surface area contributed by atoms with Crippen LogP contribution < -0.4 is 14.8 Å². The molecule has 0 unspecified atom stereocenters. The van der Waals surface area contributed by atoms with E-state index in [-0.39, 0.29) is 6.01 Å². The molecule has 0 atom stereocenters. The van der Waals surface area contributed by atoms with Crippen LogP contribution in [0.25, 0.3) is 11.4 Å². The highest BCUT2D eigenvalue weighted by atomic mass is 16.5. The molecule has 0 bridgehead atoms. The lowest BCUT2D eigenvalue weighted by atomic mass is 10.2. The number of rotatable bonds is 5. The highest BCUT2D eigenvalue weighted by Crippen LogP contribution is 2.21. The van der Waals surface area contributed by atoms with Gasteiger partial charge in [0, 0.05) is 24.4 Å². The van der Waals surface area contributed by atoms with Gasteiger partial charge in [0.15, 0.2) is 5.82 Å². The molecule has 0 saturated carbocycles. The van der Waals surface area contributed by atoms with Crippen molar-refractivity contribution in [3.63, 3.8) is 0 Å². The molecule has 100 valence electrons. The van der Waals surface area contributed by atoms with E-state index in [1.807, 2.05) is 6.92 Å². The topological polar surface area (TPSA) is 82.1 Å². The Kier molecular flexibility index (Phi) is 4.07. The zero-order valence-corrected chi connectivity index (χ0v) is 11.0. The molecule has 0 saturated heterocycles. The molecule has 0 aliphatic rings. The lowest BCUT2D eigenvalue weighted by molar-refractivity contribution is 0.379. The van der Waals surface area contributed by atoms with Crippen LogP contribution in [0.1, 0.15) is 6.92 Å². The van der Waals surface area contributed by atoms with Crippen LogP contribution in [0.4, 0.5) is 5.95 Å². The summed E-state index contributed by atoms with van der Waals surface area (Å²) < 4.78 is 10.2. The third-order valence-electron chi connectivity index (χ3n) is 2.33. The van der Waals surface area contributed by atoms with Gasteiger partial charge in [-0.2, -0.15) is 15.0 Å². The number of aromatic nitrogens is 4. The first kappa shape index (κ1) is 13.0. The number of methoxy groups -OCH3 is 2. The minimum atomic E-state index is 0.261. The molecule has 0 spiro atoms. The third-order valence-corrected chi connectivity index (χ3v) is 2.33. The standard InChI is InChI=1S/C12H15N5O2/c1-4-13-11-15-10(16-12(17-11)19-3)8-5-6-14-9(7-8)18-2/h5-7H,4H2,1-3H3,(H,13,15,16,17). The van der Waals surface area contributed by atoms with Crippen LogP contribution in [0.5, 0.6) is 11.9 Å². The van der Waals surface area contributed by atoms with Crippen LogP contribution in [0, 0.1) is 0 Å². The number of nitrogens with one attached hydrogen (secondary N) is 1. The van der Waals surface area contributed by atoms with Crippen LogP contribution in [-0.2, 0) is 0 Å². The molecule has 2 heterocycles. The number of hydrogen-bond acceptors (Lipinski definition) is 7. The van der Waals surface area contributed by atoms with Crippen LogP contribution in [0.3, 0.4) is 0 Å². The Morgan fingerprint density at radius 2 is 2.00 bits per heavy atom. The monoisotopic (exact) mass is 261 g/mol. The fraction of sp³-hybridized carbons (Fsp3) is 0.333. The van der Waals surface area contributed by atoms with Gasteiger partial charge in [-0.1, -0.05) is 0 Å². The van der Waals surface area contributed by atoms with E-state index < -0.39 is 0 Å². The van der Waals surface area contributed by atoms with E-state index in [2.05, 4.69) is 25.3 Å². The first-order valence-corrected chi connectivity index (χ1v) is 5.81. The van der Waals surface area contributed by atoms with E-state index in [9.17, 15) is 0 Å². The van der Waals surface area contributed by atoms with Crippen LogP contribution >= 0.6 is 0 Å². The Hall–Kier alpha value is -2.44. The first-order chi connectivity index (χ1) is 9.26. The Morgan fingerprint density at radius 3 is 2.68 bits per heavy atom. The maximum Gasteiger partial charge on any atom is 0.321 e. The van der Waals surface area contributed by atoms with Gasteiger partial charge in [-0.3, -0.25) is 0 Å². The largest absolute Gasteiger partial charge is 0.481 e. The summed E-state index contributed by atoms with van der Waals surface area (Å²) in [6, 6.07) is 3.81. The van der Waals surface area contributed by atoms with Gasteiger partial charge in [0.25, 0.3) is 0 Å². The quantitative estimate of drug-likeness (QED) is 0.870. The Morgan fingerprint density at radius 1 is 1.16 bits per heavy atom. The second-order valence-electron chi connectivity index (χ2n) is 3.59. The summed E-state index contributed by atoms with van der Waals surface area (Å²) in [6.45, 7) is 2.68. The van der Waals surface area contributed by atoms with Gasteiger partial charge in [0.2, 0.25) is 11.8 Å². The zero-order valence-electron chi connectivity index (χ0n) is 11.0. The van der Waals surface area contributed by atoms with Gasteiger partial charge < -0.3 is 14.8 Å². The highest BCUT2D eigenvalue weighted by Gasteiger charge is 2.09. The van der Waals surface area contributed by atoms with Crippen molar-refractivity contribution in [2.24, 2.45) is 0 Å². The second-order valence-corrected chi connectivity index (χ2v) is 3.59. The van der Waals surface area contributed by atoms with Crippen LogP contribution in [0.15, 0.2) is 18.3 Å². The molecule has 2 rings (SSSR count). The summed E-state index contributed by atoms with van der Waals surface area (Å²) in [5.41, 5.74) is 0.784. The Balaban J connectivity index is 2.44. The fourth-order valence-corrected chi connectivity index (χ4v) is 1.47. The van der Waals surface area contributed by atoms with Crippen LogP contribution in [0.2, 0.25) is 0 Å². The van der Waals surface area contributed by atoms with Gasteiger partial charge in [0.05, 0.1) is 14.2 Å². The number of hydrogen-bond donors (Lipinski definition) is 1. The van der Waals surface area contributed by atoms with Crippen molar-refractivity contribution in [3.8, 4) is 23.3 Å². The number of ether oxygens (including phenoxy) is 2. The van der Waals surface area contributed by atoms with Crippen molar-refractivity contribution in [1.82, 2.24) is 19.9 Å². The van der Waals surface area contributed by atoms with Crippen molar-refractivity contribution < 1.29 is 9.47 Å². The van der Waals surface area contributed by atoms with Crippen molar-refractivity contribution in [3.05, 3.63) is 18.3 Å². The highest BCUT2D eigenvalue weighted by molar-refractivity contribution is 5.57. The summed E-state index contributed by atoms with van der Waals surface area (Å²) in [7, 11) is 3.08. The number of pyridine rings is 1. The van der Waals surface area contributed by atoms with Crippen molar-refractivity contribution in [2.45, 2.75) is 6.92 Å². The molecule has 0 fully saturated rings. The van der Waals surface area contributed by atoms with Crippen molar-refractivity contribution in [2.75, 3.05) is 26.1 Å². The SMILES string of the molecule is CCNc1nc(OC)nc(-c2ccnc(OC)c2)n1. The van der Waals surface area contributed by atoms with Crippen LogP contribution in [-0.4, -0.2) is 40.7 Å². The van der Waals surface area contributed by atoms with E-state index in [1.54, 1.807) is 25.4 Å². The molecule has 7 nitrogen and oxygen atoms in total. The third kappa shape index (κ3) is 3.06. The molecule has 0 radical (unpaired) electrons. The lowest BCUT2D eigenvalue weighted by Crippen LogP contribution is -2.06. The molecule has 2 aromatic heterocycles. The average molecular weight is 261 g/mol. The average Bonchev–Trinajstić information content (AvgIpc) is 2.47. The van der Waals surface area contributed by atoms with Gasteiger partial charge in [-0.25, -0.2) is 4.98 Å². The normalized spacial score (nSPS) is 10.1. The molecule has 1 N–H and O–H groups in total. The van der Waals surface area contributed by atoms with Crippen molar-refractivity contribution >= 4 is 5.95 Å². The van der Waals surface area contributed by atoms with Gasteiger partial charge in [0.1, 0.15) is 0 Å². The molecule has 0 amide bonds. The number of anilines is 1. The summed E-state index contributed by atoms with van der Waals surface area (Å²) in [6.07, 6.45) is 1.64. The Bertz CT molecular complexity index is 562. The van der Waals surface area contributed by atoms with Gasteiger partial charge >= 0.3 is 6.01 Å². The minimum Gasteiger partial charge on any atom is -0.481 e. The van der Waals surface area contributed by atoms with E-state index in [0.717, 1.165) is 5.56 Å². The molecule has 0 aromatic carbocycles. The molecule has 0 aliphatic heterocycles. The van der Waals surface area contributed by atoms with E-state index in [4.69, 9.17) is 9.47 Å². The van der Waals surface area contributed by atoms with Crippen molar-refractivity contribution in [1.29, 1.82) is 0 Å². The van der Waals surface area contributed by atoms with E-state index in [0.29, 0.717) is 24.2 Å². The van der Waals surface area contributed by atoms with Gasteiger partial charge in [-0.05, 0) is 13.0 Å². The second kappa shape index (κ2) is 5.94. The van der Waals surface area contributed by atoms with E-state index >= 15 is 0 Å². The smallest absolute Gasteiger partial charge is 0.321 e. The predicted molar refractivity (Wildman–Crippen MR) is 70.3 cm³/mol. The molecular weight excluding hydrogens is 246 g/mol. The van der Waals surface area contributed by atoms with E-state index in [1.165, 1.54) is 7.11 Å². The summed E-state index contributed by atoms with van der Waals surface area (Å²) >= 11 is 0. The molecular formula is C12H15N5O2. The molecule has 19 heavy (non-hydrogen) atoms. The van der Waals surface area contributed by atoms with Gasteiger partial charge in [-0.15, -0.1) is 0 Å². The number of nitrogens with zero attached hydrogens (tertiary/aromatic N) is 4. The summed E-state index contributed by atoms with van der Waals surface area (Å²) in [4.78, 5) is 16.7. The summed E-state index contributed by atoms with van der Waals surface area (Å²) in [5, 5.41) is 3.03.